The minimum atomic E-state index is 1.23. The number of hydrogen-bond acceptors (Lipinski definition) is 1. The molecule has 1 heteroatoms. The third-order valence-corrected chi connectivity index (χ3v) is 3.00. The molecule has 1 heterocycles. The summed E-state index contributed by atoms with van der Waals surface area (Å²) in [6.07, 6.45) is 5.05. The van der Waals surface area contributed by atoms with Crippen molar-refractivity contribution in [2.75, 3.05) is 20.1 Å². The monoisotopic (exact) mass is 189 g/mol. The summed E-state index contributed by atoms with van der Waals surface area (Å²) in [5.41, 5.74) is 3.02. The zero-order valence-electron chi connectivity index (χ0n) is 9.00. The molecule has 1 aromatic carbocycles. The van der Waals surface area contributed by atoms with Crippen LogP contribution in [-0.4, -0.2) is 25.0 Å². The van der Waals surface area contributed by atoms with E-state index in [2.05, 4.69) is 36.2 Å². The fourth-order valence-corrected chi connectivity index (χ4v) is 2.16. The van der Waals surface area contributed by atoms with Crippen LogP contribution in [0.4, 0.5) is 0 Å². The molecule has 0 amide bonds. The largest absolute Gasteiger partial charge is 0.306 e. The Morgan fingerprint density at radius 1 is 1.00 bits per heavy atom. The molecule has 0 spiro atoms. The molecule has 0 unspecified atom stereocenters. The lowest BCUT2D eigenvalue weighted by Crippen LogP contribution is -2.22. The molecule has 76 valence electrons. The third kappa shape index (κ3) is 2.58. The molecule has 1 aromatic rings. The van der Waals surface area contributed by atoms with Gasteiger partial charge in [-0.15, -0.1) is 0 Å². The number of aryl methyl sites for hydroxylation is 2. The van der Waals surface area contributed by atoms with Gasteiger partial charge in [-0.25, -0.2) is 0 Å². The third-order valence-electron chi connectivity index (χ3n) is 3.00. The van der Waals surface area contributed by atoms with Gasteiger partial charge in [0.25, 0.3) is 0 Å². The Bertz CT molecular complexity index is 268. The van der Waals surface area contributed by atoms with Crippen LogP contribution in [0.1, 0.15) is 24.0 Å². The van der Waals surface area contributed by atoms with E-state index in [1.165, 1.54) is 49.9 Å². The summed E-state index contributed by atoms with van der Waals surface area (Å²) < 4.78 is 0. The van der Waals surface area contributed by atoms with Crippen LogP contribution in [0, 0.1) is 0 Å². The van der Waals surface area contributed by atoms with Crippen molar-refractivity contribution in [1.82, 2.24) is 4.90 Å². The van der Waals surface area contributed by atoms with Crippen molar-refractivity contribution in [2.45, 2.75) is 25.7 Å². The maximum Gasteiger partial charge on any atom is -0.00186 e. The van der Waals surface area contributed by atoms with E-state index in [9.17, 15) is 0 Å². The van der Waals surface area contributed by atoms with Crippen molar-refractivity contribution >= 4 is 0 Å². The highest BCUT2D eigenvalue weighted by Crippen LogP contribution is 2.12. The Kier molecular flexibility index (Phi) is 3.20. The van der Waals surface area contributed by atoms with Crippen LogP contribution < -0.4 is 0 Å². The molecule has 14 heavy (non-hydrogen) atoms. The van der Waals surface area contributed by atoms with Gasteiger partial charge < -0.3 is 4.90 Å². The zero-order valence-corrected chi connectivity index (χ0v) is 9.00. The molecule has 0 saturated heterocycles. The highest BCUT2D eigenvalue weighted by Gasteiger charge is 2.03. The normalized spacial score (nSPS) is 19.2. The minimum Gasteiger partial charge on any atom is -0.306 e. The van der Waals surface area contributed by atoms with Gasteiger partial charge in [-0.3, -0.25) is 0 Å². The highest BCUT2D eigenvalue weighted by molar-refractivity contribution is 5.23. The van der Waals surface area contributed by atoms with Gasteiger partial charge in [0.2, 0.25) is 0 Å². The van der Waals surface area contributed by atoms with E-state index in [0.717, 1.165) is 0 Å². The number of nitrogens with zero attached hydrogens (tertiary/aromatic N) is 1. The van der Waals surface area contributed by atoms with Crippen LogP contribution in [0.2, 0.25) is 0 Å². The fraction of sp³-hybridized carbons (Fsp3) is 0.538. The summed E-state index contributed by atoms with van der Waals surface area (Å²) in [7, 11) is 2.23. The Hall–Kier alpha value is -0.820. The molecule has 0 fully saturated rings. The van der Waals surface area contributed by atoms with Gasteiger partial charge in [0.15, 0.2) is 0 Å². The standard InChI is InChI=1S/C13H19N/c1-14-9-3-7-12-5-2-6-13(11-12)8-4-10-14/h2,5-6,11H,3-4,7-10H2,1H3. The van der Waals surface area contributed by atoms with Crippen molar-refractivity contribution < 1.29 is 0 Å². The summed E-state index contributed by atoms with van der Waals surface area (Å²) in [6.45, 7) is 2.48. The van der Waals surface area contributed by atoms with Crippen molar-refractivity contribution in [2.24, 2.45) is 0 Å². The van der Waals surface area contributed by atoms with E-state index in [0.29, 0.717) is 0 Å². The van der Waals surface area contributed by atoms with Crippen molar-refractivity contribution in [3.63, 3.8) is 0 Å². The smallest absolute Gasteiger partial charge is 0.00186 e. The molecule has 0 N–H and O–H groups in total. The SMILES string of the molecule is CN1CCCc2cccc(c2)CCC1. The highest BCUT2D eigenvalue weighted by atomic mass is 15.1. The van der Waals surface area contributed by atoms with E-state index in [-0.39, 0.29) is 0 Å². The second-order valence-electron chi connectivity index (χ2n) is 4.33. The summed E-state index contributed by atoms with van der Waals surface area (Å²) >= 11 is 0. The van der Waals surface area contributed by atoms with Crippen LogP contribution >= 0.6 is 0 Å². The van der Waals surface area contributed by atoms with Gasteiger partial charge in [-0.2, -0.15) is 0 Å². The van der Waals surface area contributed by atoms with Crippen molar-refractivity contribution in [3.8, 4) is 0 Å². The molecule has 0 radical (unpaired) electrons. The molecule has 2 rings (SSSR count). The lowest BCUT2D eigenvalue weighted by atomic mass is 10.0. The topological polar surface area (TPSA) is 3.24 Å². The second kappa shape index (κ2) is 4.61. The average molecular weight is 189 g/mol. The van der Waals surface area contributed by atoms with Gasteiger partial charge >= 0.3 is 0 Å². The van der Waals surface area contributed by atoms with Crippen molar-refractivity contribution in [1.29, 1.82) is 0 Å². The second-order valence-corrected chi connectivity index (χ2v) is 4.33. The first-order valence-corrected chi connectivity index (χ1v) is 5.61. The molecule has 0 aliphatic carbocycles. The molecule has 0 atom stereocenters. The number of benzene rings is 1. The first-order valence-electron chi connectivity index (χ1n) is 5.61. The van der Waals surface area contributed by atoms with Crippen LogP contribution in [-0.2, 0) is 12.8 Å². The van der Waals surface area contributed by atoms with Gasteiger partial charge in [0, 0.05) is 0 Å². The number of hydrogen-bond donors (Lipinski definition) is 0. The van der Waals surface area contributed by atoms with Gasteiger partial charge in [0.05, 0.1) is 0 Å². The molecule has 0 aromatic heterocycles. The summed E-state index contributed by atoms with van der Waals surface area (Å²) in [6, 6.07) is 9.09. The lowest BCUT2D eigenvalue weighted by Gasteiger charge is -2.18. The lowest BCUT2D eigenvalue weighted by molar-refractivity contribution is 0.324. The molecule has 1 nitrogen and oxygen atoms in total. The predicted octanol–water partition coefficient (Wildman–Crippen LogP) is 2.50. The van der Waals surface area contributed by atoms with E-state index in [1.54, 1.807) is 0 Å². The Labute approximate surface area is 86.7 Å². The number of rotatable bonds is 0. The Morgan fingerprint density at radius 2 is 1.57 bits per heavy atom. The maximum absolute atomic E-state index is 2.45. The minimum absolute atomic E-state index is 1.23. The van der Waals surface area contributed by atoms with Gasteiger partial charge in [-0.1, -0.05) is 24.3 Å². The van der Waals surface area contributed by atoms with Crippen LogP contribution in [0.5, 0.6) is 0 Å². The fourth-order valence-electron chi connectivity index (χ4n) is 2.16. The predicted molar refractivity (Wildman–Crippen MR) is 60.6 cm³/mol. The van der Waals surface area contributed by atoms with E-state index < -0.39 is 0 Å². The summed E-state index contributed by atoms with van der Waals surface area (Å²) in [5, 5.41) is 0. The molecular weight excluding hydrogens is 170 g/mol. The van der Waals surface area contributed by atoms with Gasteiger partial charge in [-0.05, 0) is 56.9 Å². The van der Waals surface area contributed by atoms with Crippen LogP contribution in [0.3, 0.4) is 0 Å². The Morgan fingerprint density at radius 3 is 2.14 bits per heavy atom. The zero-order chi connectivity index (χ0) is 9.80. The quantitative estimate of drug-likeness (QED) is 0.606. The average Bonchev–Trinajstić information content (AvgIpc) is 2.18. The molecule has 1 aliphatic rings. The van der Waals surface area contributed by atoms with E-state index in [4.69, 9.17) is 0 Å². The molecule has 0 saturated carbocycles. The van der Waals surface area contributed by atoms with Crippen LogP contribution in [0.15, 0.2) is 24.3 Å². The van der Waals surface area contributed by atoms with E-state index >= 15 is 0 Å². The maximum atomic E-state index is 2.45. The first-order chi connectivity index (χ1) is 6.84. The molecule has 1 aliphatic heterocycles. The van der Waals surface area contributed by atoms with Crippen LogP contribution in [0.25, 0.3) is 0 Å². The molecule has 2 bridgehead atoms. The number of fused-ring (bicyclic) bond motifs is 2. The Balaban J connectivity index is 2.11. The van der Waals surface area contributed by atoms with E-state index in [1.807, 2.05) is 0 Å². The first kappa shape index (κ1) is 9.72. The molecular formula is C13H19N. The summed E-state index contributed by atoms with van der Waals surface area (Å²) in [4.78, 5) is 2.45. The summed E-state index contributed by atoms with van der Waals surface area (Å²) in [5.74, 6) is 0. The van der Waals surface area contributed by atoms with Crippen molar-refractivity contribution in [3.05, 3.63) is 35.4 Å². The van der Waals surface area contributed by atoms with Gasteiger partial charge in [0.1, 0.15) is 0 Å².